The molecule has 0 bridgehead atoms. The SMILES string of the molecule is Cc1cc(C2=NOC(c3cc(Cl)cc(Cl)c3)(C(F)(F)F)C2)ccc1C(=O)N(CC(F)(F)F)c1nc(CCC(F)(F)F)n(CC(F)(F)F)n1. The Bertz CT molecular complexity index is 1700. The number of carbonyl (C=O) groups is 1. The van der Waals surface area contributed by atoms with Gasteiger partial charge >= 0.3 is 24.7 Å². The zero-order valence-electron chi connectivity index (χ0n) is 23.8. The third-order valence-corrected chi connectivity index (χ3v) is 7.26. The molecule has 0 saturated carbocycles. The third kappa shape index (κ3) is 8.64. The maximum Gasteiger partial charge on any atom is 0.435 e. The number of nitrogens with zero attached hydrogens (tertiary/aromatic N) is 5. The van der Waals surface area contributed by atoms with Crippen molar-refractivity contribution in [1.82, 2.24) is 14.8 Å². The number of hydrogen-bond donors (Lipinski definition) is 0. The van der Waals surface area contributed by atoms with Crippen LogP contribution in [0.5, 0.6) is 0 Å². The second-order valence-corrected chi connectivity index (χ2v) is 11.4. The quantitative estimate of drug-likeness (QED) is 0.217. The van der Waals surface area contributed by atoms with Crippen LogP contribution in [0.3, 0.4) is 0 Å². The van der Waals surface area contributed by atoms with E-state index in [1.165, 1.54) is 13.0 Å². The van der Waals surface area contributed by atoms with Gasteiger partial charge in [0.1, 0.15) is 18.9 Å². The molecule has 1 aliphatic rings. The zero-order chi connectivity index (χ0) is 36.0. The summed E-state index contributed by atoms with van der Waals surface area (Å²) in [7, 11) is 0. The van der Waals surface area contributed by atoms with Gasteiger partial charge in [0.2, 0.25) is 0 Å². The van der Waals surface area contributed by atoms with Crippen LogP contribution in [0.4, 0.5) is 58.6 Å². The molecule has 2 heterocycles. The van der Waals surface area contributed by atoms with E-state index in [1.54, 1.807) is 0 Å². The molecule has 3 aromatic rings. The van der Waals surface area contributed by atoms with Gasteiger partial charge in [-0.25, -0.2) is 4.68 Å². The first-order chi connectivity index (χ1) is 21.9. The van der Waals surface area contributed by atoms with E-state index >= 15 is 0 Å². The molecular formula is C27H19Cl2F12N5O2. The molecule has 1 amide bonds. The van der Waals surface area contributed by atoms with Gasteiger partial charge in [-0.3, -0.25) is 9.69 Å². The third-order valence-electron chi connectivity index (χ3n) is 6.83. The lowest BCUT2D eigenvalue weighted by Crippen LogP contribution is -2.42. The van der Waals surface area contributed by atoms with Gasteiger partial charge in [0, 0.05) is 34.0 Å². The first-order valence-corrected chi connectivity index (χ1v) is 14.0. The summed E-state index contributed by atoms with van der Waals surface area (Å²) in [5, 5.41) is 6.57. The molecule has 0 N–H and O–H groups in total. The fourth-order valence-electron chi connectivity index (χ4n) is 4.70. The van der Waals surface area contributed by atoms with Crippen LogP contribution in [0.15, 0.2) is 41.6 Å². The number of benzene rings is 2. The number of aryl methyl sites for hydroxylation is 2. The molecule has 2 aromatic carbocycles. The predicted molar refractivity (Wildman–Crippen MR) is 146 cm³/mol. The molecule has 1 aromatic heterocycles. The maximum atomic E-state index is 14.4. The number of oxime groups is 1. The molecule has 1 atom stereocenters. The van der Waals surface area contributed by atoms with Crippen molar-refractivity contribution in [3.63, 3.8) is 0 Å². The summed E-state index contributed by atoms with van der Waals surface area (Å²) in [5.41, 5.74) is -4.50. The normalized spacial score (nSPS) is 17.4. The van der Waals surface area contributed by atoms with Gasteiger partial charge in [0.15, 0.2) is 0 Å². The number of aromatic nitrogens is 3. The first kappa shape index (κ1) is 37.1. The van der Waals surface area contributed by atoms with Gasteiger partial charge in [0.05, 0.1) is 12.1 Å². The van der Waals surface area contributed by atoms with E-state index in [4.69, 9.17) is 28.0 Å². The van der Waals surface area contributed by atoms with Crippen LogP contribution in [0.25, 0.3) is 0 Å². The molecule has 4 rings (SSSR count). The lowest BCUT2D eigenvalue weighted by molar-refractivity contribution is -0.275. The molecule has 48 heavy (non-hydrogen) atoms. The number of rotatable bonds is 8. The summed E-state index contributed by atoms with van der Waals surface area (Å²) in [6.07, 6.45) is -24.0. The second-order valence-electron chi connectivity index (χ2n) is 10.5. The van der Waals surface area contributed by atoms with Crippen molar-refractivity contribution in [3.8, 4) is 0 Å². The number of anilines is 1. The smallest absolute Gasteiger partial charge is 0.374 e. The van der Waals surface area contributed by atoms with Crippen LogP contribution in [0, 0.1) is 6.92 Å². The molecule has 0 aliphatic carbocycles. The summed E-state index contributed by atoms with van der Waals surface area (Å²) in [6, 6.07) is 6.19. The Morgan fingerprint density at radius 3 is 2.06 bits per heavy atom. The van der Waals surface area contributed by atoms with E-state index in [1.807, 2.05) is 0 Å². The topological polar surface area (TPSA) is 72.6 Å². The second kappa shape index (κ2) is 12.9. The molecule has 0 radical (unpaired) electrons. The largest absolute Gasteiger partial charge is 0.435 e. The van der Waals surface area contributed by atoms with Gasteiger partial charge in [-0.1, -0.05) is 34.4 Å². The number of alkyl halides is 12. The van der Waals surface area contributed by atoms with Crippen LogP contribution in [0.2, 0.25) is 10.0 Å². The highest BCUT2D eigenvalue weighted by atomic mass is 35.5. The van der Waals surface area contributed by atoms with Crippen molar-refractivity contribution in [2.24, 2.45) is 5.16 Å². The highest BCUT2D eigenvalue weighted by molar-refractivity contribution is 6.34. The van der Waals surface area contributed by atoms with Gasteiger partial charge in [-0.05, 0) is 48.4 Å². The fourth-order valence-corrected chi connectivity index (χ4v) is 5.22. The molecule has 262 valence electrons. The standard InChI is InChI=1S/C27H19Cl2F12N5O2/c1-13-6-14(19-10-23(48-44-19,27(39,40)41)15-7-16(28)9-17(29)8-15)2-3-18(13)21(47)45(11-25(33,34)35)22-42-20(4-5-24(30,31)32)46(43-22)12-26(36,37)38/h2-3,6-9H,4-5,10-12H2,1H3. The average Bonchev–Trinajstić information content (AvgIpc) is 3.53. The Morgan fingerprint density at radius 1 is 0.917 bits per heavy atom. The van der Waals surface area contributed by atoms with Crippen molar-refractivity contribution >= 4 is 40.8 Å². The summed E-state index contributed by atoms with van der Waals surface area (Å²) < 4.78 is 161. The molecule has 1 unspecified atom stereocenters. The van der Waals surface area contributed by atoms with E-state index in [-0.39, 0.29) is 36.5 Å². The minimum absolute atomic E-state index is 0.0484. The van der Waals surface area contributed by atoms with Gasteiger partial charge in [-0.15, -0.1) is 5.10 Å². The molecule has 7 nitrogen and oxygen atoms in total. The Balaban J connectivity index is 1.69. The zero-order valence-corrected chi connectivity index (χ0v) is 25.4. The van der Waals surface area contributed by atoms with E-state index in [9.17, 15) is 57.5 Å². The number of amides is 1. The minimum atomic E-state index is -5.19. The molecular weight excluding hydrogens is 725 g/mol. The van der Waals surface area contributed by atoms with Crippen molar-refractivity contribution in [1.29, 1.82) is 0 Å². The highest BCUT2D eigenvalue weighted by Crippen LogP contribution is 2.49. The van der Waals surface area contributed by atoms with E-state index in [2.05, 4.69) is 15.2 Å². The Morgan fingerprint density at radius 2 is 1.54 bits per heavy atom. The Hall–Kier alpha value is -3.74. The van der Waals surface area contributed by atoms with Crippen LogP contribution in [0.1, 0.15) is 45.7 Å². The summed E-state index contributed by atoms with van der Waals surface area (Å²) in [5.74, 6) is -3.77. The van der Waals surface area contributed by atoms with Crippen LogP contribution in [-0.2, 0) is 23.4 Å². The number of halogens is 14. The molecule has 0 saturated heterocycles. The minimum Gasteiger partial charge on any atom is -0.374 e. The van der Waals surface area contributed by atoms with Gasteiger partial charge < -0.3 is 4.84 Å². The average molecular weight is 744 g/mol. The number of hydrogen-bond acceptors (Lipinski definition) is 5. The summed E-state index contributed by atoms with van der Waals surface area (Å²) >= 11 is 11.8. The van der Waals surface area contributed by atoms with Gasteiger partial charge in [-0.2, -0.15) is 57.7 Å². The molecule has 21 heteroatoms. The Labute approximate surface area is 272 Å². The molecule has 1 aliphatic heterocycles. The first-order valence-electron chi connectivity index (χ1n) is 13.2. The van der Waals surface area contributed by atoms with Crippen molar-refractivity contribution in [2.45, 2.75) is 63.0 Å². The van der Waals surface area contributed by atoms with Crippen molar-refractivity contribution < 1.29 is 62.3 Å². The lowest BCUT2D eigenvalue weighted by Gasteiger charge is -2.29. The van der Waals surface area contributed by atoms with E-state index in [0.717, 1.165) is 30.3 Å². The molecule has 0 fully saturated rings. The van der Waals surface area contributed by atoms with Crippen LogP contribution < -0.4 is 4.90 Å². The summed E-state index contributed by atoms with van der Waals surface area (Å²) in [4.78, 5) is 21.5. The van der Waals surface area contributed by atoms with E-state index < -0.39 is 91.5 Å². The summed E-state index contributed by atoms with van der Waals surface area (Å²) in [6.45, 7) is -2.98. The molecule has 0 spiro atoms. The van der Waals surface area contributed by atoms with Gasteiger partial charge in [0.25, 0.3) is 17.5 Å². The van der Waals surface area contributed by atoms with Crippen molar-refractivity contribution in [2.75, 3.05) is 11.4 Å². The number of carbonyl (C=O) groups excluding carboxylic acids is 1. The van der Waals surface area contributed by atoms with Crippen molar-refractivity contribution in [3.05, 3.63) is 74.5 Å². The maximum absolute atomic E-state index is 14.4. The lowest BCUT2D eigenvalue weighted by atomic mass is 9.86. The highest BCUT2D eigenvalue weighted by Gasteiger charge is 2.62. The van der Waals surface area contributed by atoms with E-state index in [0.29, 0.717) is 0 Å². The fraction of sp³-hybridized carbons (Fsp3) is 0.407. The van der Waals surface area contributed by atoms with Crippen LogP contribution >= 0.6 is 23.2 Å². The Kier molecular flexibility index (Phi) is 10.00. The monoisotopic (exact) mass is 743 g/mol. The predicted octanol–water partition coefficient (Wildman–Crippen LogP) is 8.74. The van der Waals surface area contributed by atoms with Crippen LogP contribution in [-0.4, -0.2) is 57.6 Å².